The van der Waals surface area contributed by atoms with Crippen LogP contribution in [0.5, 0.6) is 0 Å². The Hall–Kier alpha value is -1.85. The summed E-state index contributed by atoms with van der Waals surface area (Å²) in [6, 6.07) is 11.9. The zero-order chi connectivity index (χ0) is 13.1. The van der Waals surface area contributed by atoms with Gasteiger partial charge in [-0.3, -0.25) is 0 Å². The zero-order valence-corrected chi connectivity index (χ0v) is 11.5. The van der Waals surface area contributed by atoms with Crippen molar-refractivity contribution in [2.24, 2.45) is 0 Å². The number of rotatable bonds is 4. The molecule has 1 N–H and O–H groups in total. The lowest BCUT2D eigenvalue weighted by Gasteiger charge is -2.05. The molecular formula is C13H11ClN4S. The van der Waals surface area contributed by atoms with Crippen LogP contribution in [0.15, 0.2) is 48.8 Å². The highest BCUT2D eigenvalue weighted by molar-refractivity contribution is 7.16. The Balaban J connectivity index is 1.66. The molecular weight excluding hydrogens is 280 g/mol. The average Bonchev–Trinajstić information content (AvgIpc) is 3.08. The van der Waals surface area contributed by atoms with E-state index in [4.69, 9.17) is 11.6 Å². The van der Waals surface area contributed by atoms with Crippen molar-refractivity contribution in [3.63, 3.8) is 0 Å². The Labute approximate surface area is 119 Å². The largest absolute Gasteiger partial charge is 0.380 e. The van der Waals surface area contributed by atoms with E-state index in [0.29, 0.717) is 0 Å². The van der Waals surface area contributed by atoms with Crippen LogP contribution in [0.1, 0.15) is 4.88 Å². The molecule has 0 amide bonds. The van der Waals surface area contributed by atoms with Crippen LogP contribution in [-0.2, 0) is 6.54 Å². The van der Waals surface area contributed by atoms with Crippen molar-refractivity contribution in [2.45, 2.75) is 6.54 Å². The van der Waals surface area contributed by atoms with E-state index in [-0.39, 0.29) is 0 Å². The van der Waals surface area contributed by atoms with Gasteiger partial charge in [-0.1, -0.05) is 11.6 Å². The van der Waals surface area contributed by atoms with Gasteiger partial charge in [-0.05, 0) is 36.4 Å². The van der Waals surface area contributed by atoms with Crippen molar-refractivity contribution in [1.29, 1.82) is 0 Å². The maximum atomic E-state index is 5.89. The lowest BCUT2D eigenvalue weighted by atomic mass is 10.3. The molecule has 4 nitrogen and oxygen atoms in total. The van der Waals surface area contributed by atoms with Crippen molar-refractivity contribution in [3.05, 3.63) is 58.0 Å². The van der Waals surface area contributed by atoms with Crippen LogP contribution in [0.25, 0.3) is 5.69 Å². The molecule has 0 atom stereocenters. The topological polar surface area (TPSA) is 42.7 Å². The molecule has 0 aliphatic rings. The lowest BCUT2D eigenvalue weighted by Crippen LogP contribution is -2.00. The van der Waals surface area contributed by atoms with Gasteiger partial charge < -0.3 is 5.32 Å². The van der Waals surface area contributed by atoms with Crippen LogP contribution in [0.4, 0.5) is 5.69 Å². The number of hydrogen-bond donors (Lipinski definition) is 1. The van der Waals surface area contributed by atoms with E-state index in [9.17, 15) is 0 Å². The first-order valence-corrected chi connectivity index (χ1v) is 6.95. The second kappa shape index (κ2) is 5.42. The Morgan fingerprint density at radius 3 is 2.42 bits per heavy atom. The van der Waals surface area contributed by atoms with E-state index < -0.39 is 0 Å². The van der Waals surface area contributed by atoms with E-state index in [0.717, 1.165) is 22.3 Å². The van der Waals surface area contributed by atoms with Crippen LogP contribution in [-0.4, -0.2) is 15.0 Å². The van der Waals surface area contributed by atoms with Crippen LogP contribution in [0, 0.1) is 0 Å². The van der Waals surface area contributed by atoms with Gasteiger partial charge in [0.1, 0.15) is 0 Å². The maximum Gasteiger partial charge on any atom is 0.0931 e. The van der Waals surface area contributed by atoms with Crippen molar-refractivity contribution in [1.82, 2.24) is 15.0 Å². The third-order valence-corrected chi connectivity index (χ3v) is 3.84. The molecule has 2 aromatic heterocycles. The third-order valence-electron chi connectivity index (χ3n) is 2.61. The van der Waals surface area contributed by atoms with E-state index in [2.05, 4.69) is 15.5 Å². The van der Waals surface area contributed by atoms with E-state index in [1.54, 1.807) is 28.5 Å². The molecule has 2 heterocycles. The Morgan fingerprint density at radius 1 is 1.05 bits per heavy atom. The van der Waals surface area contributed by atoms with Gasteiger partial charge in [-0.25, -0.2) is 0 Å². The number of thiophene rings is 1. The summed E-state index contributed by atoms with van der Waals surface area (Å²) in [5.41, 5.74) is 2.00. The Morgan fingerprint density at radius 2 is 1.79 bits per heavy atom. The summed E-state index contributed by atoms with van der Waals surface area (Å²) in [4.78, 5) is 2.80. The summed E-state index contributed by atoms with van der Waals surface area (Å²) in [5, 5.41) is 11.5. The first-order valence-electron chi connectivity index (χ1n) is 5.76. The lowest BCUT2D eigenvalue weighted by molar-refractivity contribution is 0.752. The molecule has 0 aliphatic heterocycles. The monoisotopic (exact) mass is 290 g/mol. The van der Waals surface area contributed by atoms with Gasteiger partial charge in [0.15, 0.2) is 0 Å². The molecule has 19 heavy (non-hydrogen) atoms. The first kappa shape index (κ1) is 12.2. The predicted molar refractivity (Wildman–Crippen MR) is 78.0 cm³/mol. The standard InChI is InChI=1S/C13H11ClN4S/c14-13-6-5-12(19-13)9-15-10-1-3-11(4-2-10)18-16-7-8-17-18/h1-8,15H,9H2. The fraction of sp³-hybridized carbons (Fsp3) is 0.0769. The number of aromatic nitrogens is 3. The van der Waals surface area contributed by atoms with E-state index in [1.807, 2.05) is 36.4 Å². The normalized spacial score (nSPS) is 10.6. The molecule has 0 saturated heterocycles. The minimum absolute atomic E-state index is 0.775. The zero-order valence-electron chi connectivity index (χ0n) is 9.95. The summed E-state index contributed by atoms with van der Waals surface area (Å²) in [6.07, 6.45) is 3.32. The van der Waals surface area contributed by atoms with Crippen molar-refractivity contribution in [2.75, 3.05) is 5.32 Å². The Kier molecular flexibility index (Phi) is 3.48. The SMILES string of the molecule is Clc1ccc(CNc2ccc(-n3nccn3)cc2)s1. The molecule has 0 unspecified atom stereocenters. The first-order chi connectivity index (χ1) is 9.31. The molecule has 6 heteroatoms. The quantitative estimate of drug-likeness (QED) is 0.798. The van der Waals surface area contributed by atoms with Gasteiger partial charge >= 0.3 is 0 Å². The fourth-order valence-electron chi connectivity index (χ4n) is 1.70. The molecule has 3 aromatic rings. The van der Waals surface area contributed by atoms with Gasteiger partial charge in [-0.15, -0.1) is 11.3 Å². The fourth-order valence-corrected chi connectivity index (χ4v) is 2.72. The molecule has 1 aromatic carbocycles. The van der Waals surface area contributed by atoms with Gasteiger partial charge in [0, 0.05) is 17.1 Å². The minimum Gasteiger partial charge on any atom is -0.380 e. The second-order valence-electron chi connectivity index (χ2n) is 3.92. The number of nitrogens with one attached hydrogen (secondary N) is 1. The average molecular weight is 291 g/mol. The van der Waals surface area contributed by atoms with E-state index >= 15 is 0 Å². The van der Waals surface area contributed by atoms with Crippen LogP contribution >= 0.6 is 22.9 Å². The van der Waals surface area contributed by atoms with Gasteiger partial charge in [0.25, 0.3) is 0 Å². The highest BCUT2D eigenvalue weighted by Gasteiger charge is 2.00. The molecule has 0 spiro atoms. The molecule has 0 fully saturated rings. The number of anilines is 1. The summed E-state index contributed by atoms with van der Waals surface area (Å²) in [5.74, 6) is 0. The molecule has 3 rings (SSSR count). The highest BCUT2D eigenvalue weighted by atomic mass is 35.5. The van der Waals surface area contributed by atoms with Gasteiger partial charge in [-0.2, -0.15) is 15.0 Å². The van der Waals surface area contributed by atoms with Crippen molar-refractivity contribution >= 4 is 28.6 Å². The number of nitrogens with zero attached hydrogens (tertiary/aromatic N) is 3. The summed E-state index contributed by atoms with van der Waals surface area (Å²) < 4.78 is 0.817. The number of benzene rings is 1. The number of hydrogen-bond acceptors (Lipinski definition) is 4. The maximum absolute atomic E-state index is 5.89. The minimum atomic E-state index is 0.775. The van der Waals surface area contributed by atoms with Gasteiger partial charge in [0.05, 0.1) is 22.4 Å². The van der Waals surface area contributed by atoms with Gasteiger partial charge in [0.2, 0.25) is 0 Å². The molecule has 0 bridgehead atoms. The second-order valence-corrected chi connectivity index (χ2v) is 5.72. The van der Waals surface area contributed by atoms with Crippen LogP contribution < -0.4 is 5.32 Å². The molecule has 96 valence electrons. The van der Waals surface area contributed by atoms with Crippen molar-refractivity contribution < 1.29 is 0 Å². The summed E-state index contributed by atoms with van der Waals surface area (Å²) >= 11 is 7.48. The van der Waals surface area contributed by atoms with Crippen molar-refractivity contribution in [3.8, 4) is 5.69 Å². The smallest absolute Gasteiger partial charge is 0.0931 e. The summed E-state index contributed by atoms with van der Waals surface area (Å²) in [6.45, 7) is 0.775. The van der Waals surface area contributed by atoms with Crippen LogP contribution in [0.2, 0.25) is 4.34 Å². The third kappa shape index (κ3) is 2.94. The molecule has 0 radical (unpaired) electrons. The highest BCUT2D eigenvalue weighted by Crippen LogP contribution is 2.22. The van der Waals surface area contributed by atoms with E-state index in [1.165, 1.54) is 4.88 Å². The molecule has 0 saturated carbocycles. The number of halogens is 1. The Bertz CT molecular complexity index is 646. The van der Waals surface area contributed by atoms with Crippen LogP contribution in [0.3, 0.4) is 0 Å². The molecule has 0 aliphatic carbocycles. The summed E-state index contributed by atoms with van der Waals surface area (Å²) in [7, 11) is 0. The predicted octanol–water partition coefficient (Wildman–Crippen LogP) is 3.59.